The molecule has 0 fully saturated rings. The number of nitrogens with zero attached hydrogens (tertiary/aromatic N) is 1. The average Bonchev–Trinajstić information content (AvgIpc) is 2.72. The number of rotatable bonds is 11. The summed E-state index contributed by atoms with van der Waals surface area (Å²) >= 11 is 0. The molecule has 3 nitrogen and oxygen atoms in total. The molecular weight excluding hydrogens is 363 g/mol. The van der Waals surface area contributed by atoms with Crippen LogP contribution in [0, 0.1) is 12.7 Å². The molecule has 0 aliphatic heterocycles. The smallest absolute Gasteiger partial charge is 0.123 e. The van der Waals surface area contributed by atoms with Gasteiger partial charge in [0.1, 0.15) is 11.6 Å². The summed E-state index contributed by atoms with van der Waals surface area (Å²) in [5.41, 5.74) is 3.95. The molecule has 0 spiro atoms. The minimum Gasteiger partial charge on any atom is -0.494 e. The highest BCUT2D eigenvalue weighted by Crippen LogP contribution is 2.28. The lowest BCUT2D eigenvalue weighted by molar-refractivity contribution is 0.305. The highest BCUT2D eigenvalue weighted by molar-refractivity contribution is 5.92. The topological polar surface area (TPSA) is 34.1 Å². The van der Waals surface area contributed by atoms with Crippen LogP contribution in [0.15, 0.2) is 48.5 Å². The minimum absolute atomic E-state index is 0.217. The molecule has 154 valence electrons. The van der Waals surface area contributed by atoms with E-state index < -0.39 is 0 Å². The van der Waals surface area contributed by atoms with Gasteiger partial charge in [-0.1, -0.05) is 51.2 Å². The van der Waals surface area contributed by atoms with Crippen LogP contribution in [0.4, 0.5) is 10.1 Å². The van der Waals surface area contributed by atoms with Gasteiger partial charge >= 0.3 is 0 Å². The first kappa shape index (κ1) is 21.1. The van der Waals surface area contributed by atoms with Crippen LogP contribution in [0.5, 0.6) is 5.75 Å². The number of benzene rings is 2. The van der Waals surface area contributed by atoms with Gasteiger partial charge < -0.3 is 10.1 Å². The summed E-state index contributed by atoms with van der Waals surface area (Å²) in [4.78, 5) is 4.64. The molecule has 0 radical (unpaired) electrons. The van der Waals surface area contributed by atoms with Gasteiger partial charge in [-0.3, -0.25) is 4.98 Å². The Labute approximate surface area is 173 Å². The summed E-state index contributed by atoms with van der Waals surface area (Å²) < 4.78 is 19.1. The van der Waals surface area contributed by atoms with Crippen molar-refractivity contribution in [3.8, 4) is 5.75 Å². The maximum Gasteiger partial charge on any atom is 0.123 e. The Morgan fingerprint density at radius 1 is 0.931 bits per heavy atom. The Balaban J connectivity index is 1.64. The number of aryl methyl sites for hydroxylation is 1. The van der Waals surface area contributed by atoms with Crippen molar-refractivity contribution in [1.29, 1.82) is 0 Å². The van der Waals surface area contributed by atoms with E-state index >= 15 is 0 Å². The van der Waals surface area contributed by atoms with Crippen LogP contribution in [0.2, 0.25) is 0 Å². The Hall–Kier alpha value is -2.62. The maximum absolute atomic E-state index is 13.1. The summed E-state index contributed by atoms with van der Waals surface area (Å²) in [6, 6.07) is 14.7. The van der Waals surface area contributed by atoms with Crippen LogP contribution < -0.4 is 10.1 Å². The van der Waals surface area contributed by atoms with Gasteiger partial charge in [-0.15, -0.1) is 0 Å². The van der Waals surface area contributed by atoms with E-state index in [1.807, 2.05) is 25.1 Å². The fraction of sp³-hybridized carbons (Fsp3) is 0.400. The van der Waals surface area contributed by atoms with E-state index in [1.165, 1.54) is 44.2 Å². The number of unbranched alkanes of at least 4 members (excludes halogenated alkanes) is 5. The van der Waals surface area contributed by atoms with Gasteiger partial charge in [0.25, 0.3) is 0 Å². The van der Waals surface area contributed by atoms with Crippen LogP contribution in [-0.2, 0) is 6.54 Å². The zero-order valence-corrected chi connectivity index (χ0v) is 17.5. The number of ether oxygens (including phenoxy) is 1. The van der Waals surface area contributed by atoms with Crippen molar-refractivity contribution < 1.29 is 9.13 Å². The highest BCUT2D eigenvalue weighted by atomic mass is 19.1. The molecule has 0 atom stereocenters. The third-order valence-corrected chi connectivity index (χ3v) is 5.07. The number of nitrogens with one attached hydrogen (secondary N) is 1. The molecule has 4 heteroatoms. The number of hydrogen-bond acceptors (Lipinski definition) is 3. The largest absolute Gasteiger partial charge is 0.494 e. The second-order valence-corrected chi connectivity index (χ2v) is 7.59. The first-order valence-corrected chi connectivity index (χ1v) is 10.7. The standard InChI is InChI=1S/C25H31FN2O/c1-3-4-5-6-7-8-15-29-22-13-14-24-23(17-22)25(16-19(2)28-24)27-18-20-9-11-21(26)12-10-20/h9-14,16-17H,3-8,15,18H2,1-2H3,(H,27,28). The minimum atomic E-state index is -0.217. The molecule has 29 heavy (non-hydrogen) atoms. The van der Waals surface area contributed by atoms with Crippen molar-refractivity contribution in [2.45, 2.75) is 58.9 Å². The number of halogens is 1. The molecule has 3 aromatic rings. The molecule has 0 aliphatic rings. The van der Waals surface area contributed by atoms with E-state index in [4.69, 9.17) is 4.74 Å². The van der Waals surface area contributed by atoms with Gasteiger partial charge in [0.05, 0.1) is 12.1 Å². The number of hydrogen-bond donors (Lipinski definition) is 1. The third-order valence-electron chi connectivity index (χ3n) is 5.07. The Morgan fingerprint density at radius 2 is 1.69 bits per heavy atom. The van der Waals surface area contributed by atoms with Crippen molar-refractivity contribution in [1.82, 2.24) is 4.98 Å². The van der Waals surface area contributed by atoms with Crippen molar-refractivity contribution in [2.24, 2.45) is 0 Å². The fourth-order valence-electron chi connectivity index (χ4n) is 3.45. The second-order valence-electron chi connectivity index (χ2n) is 7.59. The van der Waals surface area contributed by atoms with Gasteiger partial charge in [0.2, 0.25) is 0 Å². The summed E-state index contributed by atoms with van der Waals surface area (Å²) in [7, 11) is 0. The van der Waals surface area contributed by atoms with Crippen LogP contribution in [0.3, 0.4) is 0 Å². The van der Waals surface area contributed by atoms with Crippen LogP contribution in [0.1, 0.15) is 56.7 Å². The van der Waals surface area contributed by atoms with Gasteiger partial charge in [-0.2, -0.15) is 0 Å². The first-order chi connectivity index (χ1) is 14.2. The molecule has 1 N–H and O–H groups in total. The lowest BCUT2D eigenvalue weighted by atomic mass is 10.1. The Kier molecular flexibility index (Phi) is 7.85. The molecule has 1 heterocycles. The van der Waals surface area contributed by atoms with Gasteiger partial charge in [-0.25, -0.2) is 4.39 Å². The van der Waals surface area contributed by atoms with E-state index in [2.05, 4.69) is 23.3 Å². The first-order valence-electron chi connectivity index (χ1n) is 10.7. The summed E-state index contributed by atoms with van der Waals surface area (Å²) in [6.45, 7) is 5.60. The molecule has 0 saturated carbocycles. The van der Waals surface area contributed by atoms with Gasteiger partial charge in [0, 0.05) is 23.3 Å². The monoisotopic (exact) mass is 394 g/mol. The van der Waals surface area contributed by atoms with Crippen LogP contribution in [-0.4, -0.2) is 11.6 Å². The maximum atomic E-state index is 13.1. The molecule has 0 bridgehead atoms. The number of anilines is 1. The number of pyridine rings is 1. The number of aromatic nitrogens is 1. The van der Waals surface area contributed by atoms with E-state index in [-0.39, 0.29) is 5.82 Å². The lowest BCUT2D eigenvalue weighted by Gasteiger charge is -2.13. The van der Waals surface area contributed by atoms with E-state index in [0.29, 0.717) is 6.54 Å². The Bertz CT molecular complexity index is 909. The van der Waals surface area contributed by atoms with Crippen molar-refractivity contribution >= 4 is 16.6 Å². The highest BCUT2D eigenvalue weighted by Gasteiger charge is 2.07. The number of fused-ring (bicyclic) bond motifs is 1. The van der Waals surface area contributed by atoms with Gasteiger partial charge in [-0.05, 0) is 55.3 Å². The van der Waals surface area contributed by atoms with E-state index in [9.17, 15) is 4.39 Å². The molecule has 1 aromatic heterocycles. The zero-order valence-electron chi connectivity index (χ0n) is 17.5. The predicted molar refractivity (Wildman–Crippen MR) is 119 cm³/mol. The molecular formula is C25H31FN2O. The van der Waals surface area contributed by atoms with E-state index in [0.717, 1.165) is 46.6 Å². The Morgan fingerprint density at radius 3 is 2.48 bits per heavy atom. The summed E-state index contributed by atoms with van der Waals surface area (Å²) in [5.74, 6) is 0.660. The molecule has 3 rings (SSSR count). The molecule has 0 aliphatic carbocycles. The van der Waals surface area contributed by atoms with Crippen molar-refractivity contribution in [3.63, 3.8) is 0 Å². The van der Waals surface area contributed by atoms with Crippen LogP contribution in [0.25, 0.3) is 10.9 Å². The average molecular weight is 395 g/mol. The van der Waals surface area contributed by atoms with Crippen molar-refractivity contribution in [3.05, 3.63) is 65.6 Å². The molecule has 2 aromatic carbocycles. The third kappa shape index (κ3) is 6.45. The normalized spacial score (nSPS) is 11.0. The lowest BCUT2D eigenvalue weighted by Crippen LogP contribution is -2.02. The molecule has 0 unspecified atom stereocenters. The molecule has 0 amide bonds. The quantitative estimate of drug-likeness (QED) is 0.354. The van der Waals surface area contributed by atoms with E-state index in [1.54, 1.807) is 12.1 Å². The van der Waals surface area contributed by atoms with Gasteiger partial charge in [0.15, 0.2) is 0 Å². The fourth-order valence-corrected chi connectivity index (χ4v) is 3.45. The van der Waals surface area contributed by atoms with Crippen LogP contribution >= 0.6 is 0 Å². The second kappa shape index (κ2) is 10.8. The molecule has 0 saturated heterocycles. The summed E-state index contributed by atoms with van der Waals surface area (Å²) in [6.07, 6.45) is 7.52. The SMILES string of the molecule is CCCCCCCCOc1ccc2nc(C)cc(NCc3ccc(F)cc3)c2c1. The summed E-state index contributed by atoms with van der Waals surface area (Å²) in [5, 5.41) is 4.51. The zero-order chi connectivity index (χ0) is 20.5. The predicted octanol–water partition coefficient (Wildman–Crippen LogP) is 7.03. The van der Waals surface area contributed by atoms with Crippen molar-refractivity contribution in [2.75, 3.05) is 11.9 Å².